The van der Waals surface area contributed by atoms with E-state index in [2.05, 4.69) is 22.8 Å². The van der Waals surface area contributed by atoms with Crippen molar-refractivity contribution in [3.8, 4) is 0 Å². The molecule has 0 unspecified atom stereocenters. The van der Waals surface area contributed by atoms with Crippen molar-refractivity contribution in [3.63, 3.8) is 0 Å². The van der Waals surface area contributed by atoms with E-state index in [4.69, 9.17) is 0 Å². The highest BCUT2D eigenvalue weighted by atomic mass is 32.1. The SMILES string of the molecule is O=C(NCc1ccccc1)N1CCC(c2cccs2)CC1. The Bertz CT molecular complexity index is 560. The van der Waals surface area contributed by atoms with Crippen molar-refractivity contribution in [2.75, 3.05) is 13.1 Å². The summed E-state index contributed by atoms with van der Waals surface area (Å²) in [5.74, 6) is 0.628. The number of hydrogen-bond acceptors (Lipinski definition) is 2. The second-order valence-electron chi connectivity index (χ2n) is 5.42. The molecule has 3 rings (SSSR count). The predicted molar refractivity (Wildman–Crippen MR) is 86.5 cm³/mol. The Balaban J connectivity index is 1.47. The van der Waals surface area contributed by atoms with Crippen molar-refractivity contribution in [2.24, 2.45) is 0 Å². The van der Waals surface area contributed by atoms with Crippen LogP contribution in [0.15, 0.2) is 47.8 Å². The van der Waals surface area contributed by atoms with Gasteiger partial charge in [0.05, 0.1) is 0 Å². The molecule has 1 saturated heterocycles. The van der Waals surface area contributed by atoms with Gasteiger partial charge in [0.1, 0.15) is 0 Å². The van der Waals surface area contributed by atoms with Crippen LogP contribution in [0.5, 0.6) is 0 Å². The molecule has 0 aliphatic carbocycles. The lowest BCUT2D eigenvalue weighted by atomic mass is 9.95. The zero-order valence-electron chi connectivity index (χ0n) is 12.0. The fourth-order valence-electron chi connectivity index (χ4n) is 2.78. The number of rotatable bonds is 3. The van der Waals surface area contributed by atoms with Crippen LogP contribution < -0.4 is 5.32 Å². The van der Waals surface area contributed by atoms with Gasteiger partial charge in [0.15, 0.2) is 0 Å². The number of hydrogen-bond donors (Lipinski definition) is 1. The Morgan fingerprint density at radius 1 is 1.14 bits per heavy atom. The normalized spacial score (nSPS) is 15.9. The molecule has 3 nitrogen and oxygen atoms in total. The minimum absolute atomic E-state index is 0.0588. The number of thiophene rings is 1. The van der Waals surface area contributed by atoms with Crippen LogP contribution in [0, 0.1) is 0 Å². The van der Waals surface area contributed by atoms with Crippen LogP contribution >= 0.6 is 11.3 Å². The molecule has 0 spiro atoms. The van der Waals surface area contributed by atoms with Crippen molar-refractivity contribution >= 4 is 17.4 Å². The highest BCUT2D eigenvalue weighted by molar-refractivity contribution is 7.10. The van der Waals surface area contributed by atoms with Crippen LogP contribution in [-0.4, -0.2) is 24.0 Å². The molecule has 4 heteroatoms. The van der Waals surface area contributed by atoms with Gasteiger partial charge in [-0.2, -0.15) is 0 Å². The zero-order valence-corrected chi connectivity index (χ0v) is 12.8. The van der Waals surface area contributed by atoms with E-state index in [0.29, 0.717) is 12.5 Å². The molecule has 2 heterocycles. The molecule has 1 fully saturated rings. The highest BCUT2D eigenvalue weighted by Gasteiger charge is 2.23. The summed E-state index contributed by atoms with van der Waals surface area (Å²) in [6.45, 7) is 2.30. The van der Waals surface area contributed by atoms with Gasteiger partial charge >= 0.3 is 6.03 Å². The maximum Gasteiger partial charge on any atom is 0.317 e. The van der Waals surface area contributed by atoms with E-state index < -0.39 is 0 Å². The van der Waals surface area contributed by atoms with E-state index in [9.17, 15) is 4.79 Å². The number of carbonyl (C=O) groups excluding carboxylic acids is 1. The summed E-state index contributed by atoms with van der Waals surface area (Å²) in [4.78, 5) is 15.6. The van der Waals surface area contributed by atoms with E-state index in [-0.39, 0.29) is 6.03 Å². The number of nitrogens with one attached hydrogen (secondary N) is 1. The zero-order chi connectivity index (χ0) is 14.5. The fourth-order valence-corrected chi connectivity index (χ4v) is 3.68. The smallest absolute Gasteiger partial charge is 0.317 e. The molecule has 110 valence electrons. The molecule has 0 saturated carbocycles. The summed E-state index contributed by atoms with van der Waals surface area (Å²) < 4.78 is 0. The molecule has 1 aliphatic heterocycles. The lowest BCUT2D eigenvalue weighted by Crippen LogP contribution is -2.43. The number of benzene rings is 1. The minimum Gasteiger partial charge on any atom is -0.334 e. The molecule has 2 amide bonds. The average Bonchev–Trinajstić information content (AvgIpc) is 3.08. The van der Waals surface area contributed by atoms with E-state index >= 15 is 0 Å². The number of nitrogens with zero attached hydrogens (tertiary/aromatic N) is 1. The second-order valence-corrected chi connectivity index (χ2v) is 6.40. The average molecular weight is 300 g/mol. The Kier molecular flexibility index (Phi) is 4.55. The lowest BCUT2D eigenvalue weighted by Gasteiger charge is -2.31. The summed E-state index contributed by atoms with van der Waals surface area (Å²) in [5, 5.41) is 5.14. The first kappa shape index (κ1) is 14.1. The van der Waals surface area contributed by atoms with Gasteiger partial charge in [-0.05, 0) is 35.8 Å². The summed E-state index contributed by atoms with van der Waals surface area (Å²) in [6, 6.07) is 14.4. The van der Waals surface area contributed by atoms with Gasteiger partial charge in [-0.1, -0.05) is 36.4 Å². The van der Waals surface area contributed by atoms with Crippen molar-refractivity contribution in [1.82, 2.24) is 10.2 Å². The topological polar surface area (TPSA) is 32.3 Å². The van der Waals surface area contributed by atoms with E-state index in [0.717, 1.165) is 31.5 Å². The third-order valence-corrected chi connectivity index (χ3v) is 5.05. The van der Waals surface area contributed by atoms with Crippen LogP contribution in [0.2, 0.25) is 0 Å². The third-order valence-electron chi connectivity index (χ3n) is 4.01. The van der Waals surface area contributed by atoms with Crippen LogP contribution in [0.25, 0.3) is 0 Å². The first-order chi connectivity index (χ1) is 10.3. The fraction of sp³-hybridized carbons (Fsp3) is 0.353. The quantitative estimate of drug-likeness (QED) is 0.918. The number of urea groups is 1. The molecule has 1 aliphatic rings. The Hall–Kier alpha value is -1.81. The van der Waals surface area contributed by atoms with Crippen LogP contribution in [-0.2, 0) is 6.54 Å². The molecule has 1 aromatic heterocycles. The Labute approximate surface area is 129 Å². The molecule has 0 atom stereocenters. The lowest BCUT2D eigenvalue weighted by molar-refractivity contribution is 0.181. The van der Waals surface area contributed by atoms with Crippen molar-refractivity contribution in [1.29, 1.82) is 0 Å². The maximum atomic E-state index is 12.2. The van der Waals surface area contributed by atoms with Gasteiger partial charge in [0.25, 0.3) is 0 Å². The van der Waals surface area contributed by atoms with Crippen molar-refractivity contribution < 1.29 is 4.79 Å². The first-order valence-corrected chi connectivity index (χ1v) is 8.31. The van der Waals surface area contributed by atoms with Crippen molar-refractivity contribution in [2.45, 2.75) is 25.3 Å². The van der Waals surface area contributed by atoms with Crippen molar-refractivity contribution in [3.05, 3.63) is 58.3 Å². The molecule has 1 aromatic carbocycles. The Morgan fingerprint density at radius 2 is 1.90 bits per heavy atom. The van der Waals surface area contributed by atoms with Gasteiger partial charge in [-0.3, -0.25) is 0 Å². The molecule has 21 heavy (non-hydrogen) atoms. The number of carbonyl (C=O) groups is 1. The Morgan fingerprint density at radius 3 is 2.57 bits per heavy atom. The minimum atomic E-state index is 0.0588. The van der Waals surface area contributed by atoms with Crippen LogP contribution in [0.3, 0.4) is 0 Å². The number of piperidine rings is 1. The number of likely N-dealkylation sites (tertiary alicyclic amines) is 1. The summed E-state index contributed by atoms with van der Waals surface area (Å²) in [5.41, 5.74) is 1.14. The maximum absolute atomic E-state index is 12.2. The molecule has 2 aromatic rings. The molecule has 0 radical (unpaired) electrons. The van der Waals surface area contributed by atoms with Crippen LogP contribution in [0.1, 0.15) is 29.2 Å². The largest absolute Gasteiger partial charge is 0.334 e. The van der Waals surface area contributed by atoms with Gasteiger partial charge in [0.2, 0.25) is 0 Å². The third kappa shape index (κ3) is 3.64. The standard InChI is InChI=1S/C17H20N2OS/c20-17(18-13-14-5-2-1-3-6-14)19-10-8-15(9-11-19)16-7-4-12-21-16/h1-7,12,15H,8-11,13H2,(H,18,20). The highest BCUT2D eigenvalue weighted by Crippen LogP contribution is 2.30. The molecular weight excluding hydrogens is 280 g/mol. The van der Waals surface area contributed by atoms with Crippen LogP contribution in [0.4, 0.5) is 4.79 Å². The van der Waals surface area contributed by atoms with Gasteiger partial charge < -0.3 is 10.2 Å². The number of amides is 2. The van der Waals surface area contributed by atoms with Gasteiger partial charge in [0, 0.05) is 24.5 Å². The predicted octanol–water partition coefficient (Wildman–Crippen LogP) is 3.84. The summed E-state index contributed by atoms with van der Waals surface area (Å²) in [6.07, 6.45) is 2.14. The van der Waals surface area contributed by atoms with E-state index in [1.807, 2.05) is 46.6 Å². The van der Waals surface area contributed by atoms with Gasteiger partial charge in [-0.15, -0.1) is 11.3 Å². The monoisotopic (exact) mass is 300 g/mol. The first-order valence-electron chi connectivity index (χ1n) is 7.43. The van der Waals surface area contributed by atoms with E-state index in [1.165, 1.54) is 4.88 Å². The second kappa shape index (κ2) is 6.76. The van der Waals surface area contributed by atoms with Gasteiger partial charge in [-0.25, -0.2) is 4.79 Å². The molecule has 0 bridgehead atoms. The summed E-state index contributed by atoms with van der Waals surface area (Å²) >= 11 is 1.83. The summed E-state index contributed by atoms with van der Waals surface area (Å²) in [7, 11) is 0. The van der Waals surface area contributed by atoms with E-state index in [1.54, 1.807) is 0 Å². The molecular formula is C17H20N2OS. The molecule has 1 N–H and O–H groups in total.